The lowest BCUT2D eigenvalue weighted by Crippen LogP contribution is -2.58. The number of phenols is 1. The standard InChI is InChI=1S/C34H36N6O6S/c35-25(14-20-16-36-26-7-3-1-5-23(20)26)31(42)40-30(18-47)33(44)38-28(15-21-17-37-27-8-4-2-6-24(21)27)32(43)39-29(34(45)46)13-19-9-11-22(41)12-10-19/h1-12,16-17,25,28-30,36-37,41,47H,13-15,18,35H2,(H,38,44)(H,39,43)(H,40,42)(H,45,46). The summed E-state index contributed by atoms with van der Waals surface area (Å²) in [6.45, 7) is 0. The van der Waals surface area contributed by atoms with Crippen molar-refractivity contribution in [3.63, 3.8) is 0 Å². The van der Waals surface area contributed by atoms with Gasteiger partial charge in [0.05, 0.1) is 6.04 Å². The van der Waals surface area contributed by atoms with Gasteiger partial charge in [-0.15, -0.1) is 0 Å². The molecule has 0 bridgehead atoms. The van der Waals surface area contributed by atoms with Crippen molar-refractivity contribution in [3.05, 3.63) is 102 Å². The highest BCUT2D eigenvalue weighted by Crippen LogP contribution is 2.21. The summed E-state index contributed by atoms with van der Waals surface area (Å²) in [5.74, 6) is -3.31. The number of H-pyrrole nitrogens is 2. The van der Waals surface area contributed by atoms with Crippen LogP contribution in [0.15, 0.2) is 85.2 Å². The molecule has 5 rings (SSSR count). The number of nitrogens with two attached hydrogens (primary N) is 1. The molecule has 12 nitrogen and oxygen atoms in total. The molecular weight excluding hydrogens is 620 g/mol. The van der Waals surface area contributed by atoms with Gasteiger partial charge in [-0.2, -0.15) is 12.6 Å². The second-order valence-electron chi connectivity index (χ2n) is 11.3. The van der Waals surface area contributed by atoms with Crippen molar-refractivity contribution < 1.29 is 29.4 Å². The third kappa shape index (κ3) is 8.12. The minimum absolute atomic E-state index is 0.0240. The average Bonchev–Trinajstić information content (AvgIpc) is 3.67. The smallest absolute Gasteiger partial charge is 0.326 e. The van der Waals surface area contributed by atoms with Gasteiger partial charge in [0, 0.05) is 52.8 Å². The van der Waals surface area contributed by atoms with Gasteiger partial charge in [0.1, 0.15) is 23.9 Å². The Labute approximate surface area is 275 Å². The number of hydrogen-bond acceptors (Lipinski definition) is 7. The number of thiol groups is 1. The molecule has 9 N–H and O–H groups in total. The summed E-state index contributed by atoms with van der Waals surface area (Å²) in [6.07, 6.45) is 3.71. The van der Waals surface area contributed by atoms with Crippen LogP contribution in [0.1, 0.15) is 16.7 Å². The Kier molecular flexibility index (Phi) is 10.5. The van der Waals surface area contributed by atoms with Crippen molar-refractivity contribution in [2.75, 3.05) is 5.75 Å². The third-order valence-corrected chi connectivity index (χ3v) is 8.35. The molecule has 244 valence electrons. The van der Waals surface area contributed by atoms with Crippen LogP contribution in [0.3, 0.4) is 0 Å². The number of aliphatic carboxylic acids is 1. The summed E-state index contributed by atoms with van der Waals surface area (Å²) in [5.41, 5.74) is 10.1. The number of hydrogen-bond donors (Lipinski definition) is 9. The number of carbonyl (C=O) groups is 4. The predicted molar refractivity (Wildman–Crippen MR) is 181 cm³/mol. The Morgan fingerprint density at radius 3 is 1.77 bits per heavy atom. The van der Waals surface area contributed by atoms with E-state index in [4.69, 9.17) is 5.73 Å². The molecule has 2 aromatic heterocycles. The summed E-state index contributed by atoms with van der Waals surface area (Å²) in [4.78, 5) is 58.7. The van der Waals surface area contributed by atoms with Crippen LogP contribution in [0.2, 0.25) is 0 Å². The van der Waals surface area contributed by atoms with Crippen LogP contribution < -0.4 is 21.7 Å². The van der Waals surface area contributed by atoms with Crippen LogP contribution in [0.4, 0.5) is 0 Å². The first-order valence-corrected chi connectivity index (χ1v) is 15.6. The quantitative estimate of drug-likeness (QED) is 0.0815. The fourth-order valence-corrected chi connectivity index (χ4v) is 5.70. The molecule has 0 aliphatic rings. The molecule has 13 heteroatoms. The third-order valence-electron chi connectivity index (χ3n) is 7.99. The van der Waals surface area contributed by atoms with Gasteiger partial charge >= 0.3 is 5.97 Å². The van der Waals surface area contributed by atoms with Gasteiger partial charge in [-0.1, -0.05) is 48.5 Å². The van der Waals surface area contributed by atoms with E-state index in [0.717, 1.165) is 32.9 Å². The highest BCUT2D eigenvalue weighted by Gasteiger charge is 2.31. The fraction of sp³-hybridized carbons (Fsp3) is 0.235. The number of carbonyl (C=O) groups excluding carboxylic acids is 3. The van der Waals surface area contributed by atoms with Gasteiger partial charge in [0.2, 0.25) is 17.7 Å². The molecule has 3 amide bonds. The molecule has 3 aromatic carbocycles. The van der Waals surface area contributed by atoms with Crippen LogP contribution in [0.5, 0.6) is 5.75 Å². The Balaban J connectivity index is 1.30. The van der Waals surface area contributed by atoms with Crippen LogP contribution >= 0.6 is 12.6 Å². The average molecular weight is 657 g/mol. The molecule has 0 fully saturated rings. The van der Waals surface area contributed by atoms with E-state index in [0.29, 0.717) is 5.56 Å². The highest BCUT2D eigenvalue weighted by molar-refractivity contribution is 7.80. The van der Waals surface area contributed by atoms with Crippen molar-refractivity contribution in [2.24, 2.45) is 5.73 Å². The van der Waals surface area contributed by atoms with Gasteiger partial charge in [-0.25, -0.2) is 4.79 Å². The Hall–Kier alpha value is -5.27. The van der Waals surface area contributed by atoms with Crippen molar-refractivity contribution in [1.29, 1.82) is 0 Å². The van der Waals surface area contributed by atoms with E-state index in [-0.39, 0.29) is 30.8 Å². The van der Waals surface area contributed by atoms with Crippen LogP contribution in [0.25, 0.3) is 21.8 Å². The number of fused-ring (bicyclic) bond motifs is 2. The van der Waals surface area contributed by atoms with E-state index < -0.39 is 47.9 Å². The molecule has 47 heavy (non-hydrogen) atoms. The number of para-hydroxylation sites is 2. The van der Waals surface area contributed by atoms with Gasteiger partial charge < -0.3 is 41.9 Å². The zero-order chi connectivity index (χ0) is 33.5. The zero-order valence-corrected chi connectivity index (χ0v) is 26.2. The summed E-state index contributed by atoms with van der Waals surface area (Å²) in [5, 5.41) is 29.1. The first-order valence-electron chi connectivity index (χ1n) is 15.0. The Morgan fingerprint density at radius 2 is 1.19 bits per heavy atom. The minimum Gasteiger partial charge on any atom is -0.508 e. The number of carboxylic acids is 1. The zero-order valence-electron chi connectivity index (χ0n) is 25.3. The number of phenolic OH excluding ortho intramolecular Hbond substituents is 1. The molecule has 4 atom stereocenters. The maximum Gasteiger partial charge on any atom is 0.326 e. The lowest BCUT2D eigenvalue weighted by Gasteiger charge is -2.24. The van der Waals surface area contributed by atoms with Crippen LogP contribution in [-0.2, 0) is 38.4 Å². The number of amides is 3. The van der Waals surface area contributed by atoms with E-state index in [1.165, 1.54) is 12.1 Å². The summed E-state index contributed by atoms with van der Waals surface area (Å²) in [7, 11) is 0. The molecule has 5 aromatic rings. The van der Waals surface area contributed by atoms with Crippen molar-refractivity contribution in [2.45, 2.75) is 43.4 Å². The van der Waals surface area contributed by atoms with E-state index in [1.54, 1.807) is 24.5 Å². The number of carboxylic acid groups (broad SMARTS) is 1. The lowest BCUT2D eigenvalue weighted by atomic mass is 10.0. The van der Waals surface area contributed by atoms with Crippen LogP contribution in [-0.4, -0.2) is 73.8 Å². The second kappa shape index (κ2) is 14.9. The Bertz CT molecular complexity index is 1890. The van der Waals surface area contributed by atoms with Crippen molar-refractivity contribution in [3.8, 4) is 5.75 Å². The topological polar surface area (TPSA) is 202 Å². The first-order chi connectivity index (χ1) is 22.6. The molecular formula is C34H36N6O6S. The van der Waals surface area contributed by atoms with E-state index in [9.17, 15) is 29.4 Å². The summed E-state index contributed by atoms with van der Waals surface area (Å²) in [6, 6.07) is 16.4. The minimum atomic E-state index is -1.32. The molecule has 0 radical (unpaired) electrons. The SMILES string of the molecule is NC(Cc1c[nH]c2ccccc12)C(=O)NC(CS)C(=O)NC(Cc1c[nH]c2ccccc12)C(=O)NC(Cc1ccc(O)cc1)C(=O)O. The van der Waals surface area contributed by atoms with Gasteiger partial charge in [-0.3, -0.25) is 14.4 Å². The Morgan fingerprint density at radius 1 is 0.681 bits per heavy atom. The molecule has 0 saturated heterocycles. The molecule has 0 aliphatic carbocycles. The molecule has 0 saturated carbocycles. The van der Waals surface area contributed by atoms with E-state index >= 15 is 0 Å². The van der Waals surface area contributed by atoms with E-state index in [1.807, 2.05) is 48.5 Å². The summed E-state index contributed by atoms with van der Waals surface area (Å²) < 4.78 is 0. The number of aromatic nitrogens is 2. The molecule has 0 spiro atoms. The van der Waals surface area contributed by atoms with Gasteiger partial charge in [0.25, 0.3) is 0 Å². The first kappa shape index (κ1) is 33.1. The molecule has 2 heterocycles. The number of aromatic hydroxyl groups is 1. The lowest BCUT2D eigenvalue weighted by molar-refractivity contribution is -0.142. The monoisotopic (exact) mass is 656 g/mol. The maximum absolute atomic E-state index is 13.7. The summed E-state index contributed by atoms with van der Waals surface area (Å²) >= 11 is 4.27. The molecule has 4 unspecified atom stereocenters. The van der Waals surface area contributed by atoms with Crippen LogP contribution in [0, 0.1) is 0 Å². The van der Waals surface area contributed by atoms with Gasteiger partial charge in [-0.05, 0) is 47.4 Å². The largest absolute Gasteiger partial charge is 0.508 e. The molecule has 0 aliphatic heterocycles. The van der Waals surface area contributed by atoms with E-state index in [2.05, 4.69) is 38.5 Å². The number of rotatable bonds is 14. The number of nitrogens with one attached hydrogen (secondary N) is 5. The number of aromatic amines is 2. The predicted octanol–water partition coefficient (Wildman–Crippen LogP) is 2.18. The number of benzene rings is 3. The normalized spacial score (nSPS) is 13.8. The van der Waals surface area contributed by atoms with Crippen molar-refractivity contribution in [1.82, 2.24) is 25.9 Å². The van der Waals surface area contributed by atoms with Crippen molar-refractivity contribution >= 4 is 58.1 Å². The second-order valence-corrected chi connectivity index (χ2v) is 11.7. The maximum atomic E-state index is 13.7. The highest BCUT2D eigenvalue weighted by atomic mass is 32.1. The fourth-order valence-electron chi connectivity index (χ4n) is 5.45. The van der Waals surface area contributed by atoms with Gasteiger partial charge in [0.15, 0.2) is 0 Å².